The maximum absolute atomic E-state index is 8.50. The fraction of sp³-hybridized carbons (Fsp3) is 0. The van der Waals surface area contributed by atoms with Crippen LogP contribution in [0.25, 0.3) is 0 Å². The van der Waals surface area contributed by atoms with E-state index in [2.05, 4.69) is 0 Å². The first kappa shape index (κ1) is 17.6. The summed E-state index contributed by atoms with van der Waals surface area (Å²) >= 11 is -2.00. The van der Waals surface area contributed by atoms with Gasteiger partial charge in [-0.05, 0) is 11.0 Å². The molecule has 4 radical (unpaired) electrons. The summed E-state index contributed by atoms with van der Waals surface area (Å²) in [6.45, 7) is 0. The van der Waals surface area contributed by atoms with E-state index in [-0.39, 0.29) is 21.9 Å². The van der Waals surface area contributed by atoms with E-state index >= 15 is 0 Å². The van der Waals surface area contributed by atoms with E-state index < -0.39 is 15.3 Å². The van der Waals surface area contributed by atoms with Gasteiger partial charge in [-0.15, -0.1) is 0 Å². The molecule has 0 N–H and O–H groups in total. The molecule has 0 fully saturated rings. The summed E-state index contributed by atoms with van der Waals surface area (Å²) in [5.74, 6) is 0. The molecule has 0 spiro atoms. The van der Waals surface area contributed by atoms with Crippen LogP contribution in [0.1, 0.15) is 0 Å². The summed E-state index contributed by atoms with van der Waals surface area (Å²) in [6, 6.07) is 0. The second kappa shape index (κ2) is 23.6. The molecule has 0 unspecified atom stereocenters. The first-order chi connectivity index (χ1) is 1.41. The third kappa shape index (κ3) is 91.4. The van der Waals surface area contributed by atoms with Gasteiger partial charge < -0.3 is 0 Å². The smallest absolute Gasteiger partial charge is 0 e. The number of rotatable bonds is 0. The Morgan fingerprint density at radius 2 is 1.20 bits per heavy atom. The summed E-state index contributed by atoms with van der Waals surface area (Å²) in [5.41, 5.74) is 0. The third-order valence-corrected chi connectivity index (χ3v) is 0. The molecular formula is H4GeO2Si2. The minimum Gasteiger partial charge on any atom is -0.0149 e. The molecule has 0 aromatic heterocycles. The van der Waals surface area contributed by atoms with Gasteiger partial charge >= 0.3 is 22.9 Å². The topological polar surface area (TPSA) is 34.1 Å². The molecule has 0 aromatic rings. The second-order valence-electron chi connectivity index (χ2n) is 0.0833. The van der Waals surface area contributed by atoms with Crippen molar-refractivity contribution in [1.29, 1.82) is 0 Å². The first-order valence-electron chi connectivity index (χ1n) is 0.408. The molecule has 0 aliphatic rings. The Bertz CT molecular complexity index is 28.6. The summed E-state index contributed by atoms with van der Waals surface area (Å²) in [4.78, 5) is 0. The zero-order valence-corrected chi connectivity index (χ0v) is 4.91. The van der Waals surface area contributed by atoms with Crippen LogP contribution in [0.15, 0.2) is 0 Å². The molecule has 0 heterocycles. The normalized spacial score (nSPS) is 1.60. The summed E-state index contributed by atoms with van der Waals surface area (Å²) < 4.78 is 17.0. The minimum absolute atomic E-state index is 0. The monoisotopic (exact) mass is 166 g/mol. The van der Waals surface area contributed by atoms with E-state index in [1.54, 1.807) is 0 Å². The second-order valence-corrected chi connectivity index (χ2v) is 0.433. The Morgan fingerprint density at radius 1 is 1.20 bits per heavy atom. The molecule has 28 valence electrons. The van der Waals surface area contributed by atoms with Gasteiger partial charge in [0.15, 0.2) is 0 Å². The number of hydrogen-bond donors (Lipinski definition) is 0. The molecule has 0 bridgehead atoms. The van der Waals surface area contributed by atoms with Crippen molar-refractivity contribution >= 4 is 37.2 Å². The van der Waals surface area contributed by atoms with Crippen molar-refractivity contribution in [2.75, 3.05) is 0 Å². The molecule has 5 heavy (non-hydrogen) atoms. The SMILES string of the molecule is [O]=[Ge]=[O].[SiH4].[Si]. The molecule has 0 rings (SSSR count). The van der Waals surface area contributed by atoms with Gasteiger partial charge in [-0.25, -0.2) is 0 Å². The van der Waals surface area contributed by atoms with Crippen molar-refractivity contribution in [1.82, 2.24) is 0 Å². The molecular weight excluding hydrogens is 161 g/mol. The Kier molecular flexibility index (Phi) is 82.9. The van der Waals surface area contributed by atoms with Gasteiger partial charge in [0.25, 0.3) is 0 Å². The van der Waals surface area contributed by atoms with E-state index in [9.17, 15) is 0 Å². The number of hydrogen-bond acceptors (Lipinski definition) is 2. The van der Waals surface area contributed by atoms with Gasteiger partial charge in [0.1, 0.15) is 0 Å². The summed E-state index contributed by atoms with van der Waals surface area (Å²) in [7, 11) is 0. The van der Waals surface area contributed by atoms with Gasteiger partial charge in [0.2, 0.25) is 0 Å². The van der Waals surface area contributed by atoms with Crippen LogP contribution in [-0.4, -0.2) is 37.2 Å². The Hall–Kier alpha value is 0.577. The van der Waals surface area contributed by atoms with Crippen LogP contribution < -0.4 is 0 Å². The Morgan fingerprint density at radius 3 is 1.20 bits per heavy atom. The van der Waals surface area contributed by atoms with Crippen molar-refractivity contribution in [3.8, 4) is 0 Å². The molecule has 0 saturated heterocycles. The van der Waals surface area contributed by atoms with Gasteiger partial charge in [0.05, 0.1) is 0 Å². The van der Waals surface area contributed by atoms with Crippen molar-refractivity contribution in [3.63, 3.8) is 0 Å². The predicted octanol–water partition coefficient (Wildman–Crippen LogP) is -2.45. The van der Waals surface area contributed by atoms with Gasteiger partial charge in [0, 0.05) is 11.0 Å². The van der Waals surface area contributed by atoms with E-state index in [0.717, 1.165) is 0 Å². The fourth-order valence-electron chi connectivity index (χ4n) is 0. The van der Waals surface area contributed by atoms with E-state index in [1.165, 1.54) is 0 Å². The summed E-state index contributed by atoms with van der Waals surface area (Å²) in [5, 5.41) is 0. The average Bonchev–Trinajstić information content (AvgIpc) is 0.918. The molecule has 0 atom stereocenters. The van der Waals surface area contributed by atoms with E-state index in [4.69, 9.17) is 7.56 Å². The quantitative estimate of drug-likeness (QED) is 0.373. The van der Waals surface area contributed by atoms with E-state index in [1.807, 2.05) is 0 Å². The zero-order valence-electron chi connectivity index (χ0n) is 1.82. The van der Waals surface area contributed by atoms with Crippen molar-refractivity contribution in [3.05, 3.63) is 0 Å². The van der Waals surface area contributed by atoms with Crippen LogP contribution in [0.4, 0.5) is 0 Å². The van der Waals surface area contributed by atoms with Crippen molar-refractivity contribution in [2.24, 2.45) is 0 Å². The minimum atomic E-state index is -2.00. The molecule has 0 aromatic carbocycles. The van der Waals surface area contributed by atoms with Gasteiger partial charge in [-0.3, -0.25) is 0 Å². The Labute approximate surface area is 45.3 Å². The van der Waals surface area contributed by atoms with Crippen LogP contribution in [-0.2, 0) is 7.56 Å². The van der Waals surface area contributed by atoms with Crippen molar-refractivity contribution in [2.45, 2.75) is 0 Å². The van der Waals surface area contributed by atoms with Crippen LogP contribution in [0.2, 0.25) is 0 Å². The maximum atomic E-state index is 8.50. The molecule has 0 aliphatic heterocycles. The van der Waals surface area contributed by atoms with Crippen LogP contribution in [0, 0.1) is 0 Å². The fourth-order valence-corrected chi connectivity index (χ4v) is 0. The summed E-state index contributed by atoms with van der Waals surface area (Å²) in [6.07, 6.45) is 0. The van der Waals surface area contributed by atoms with Gasteiger partial charge in [-0.1, -0.05) is 0 Å². The Balaban J connectivity index is -0.0000000200. The maximum Gasteiger partial charge on any atom is 0 e. The molecule has 0 amide bonds. The van der Waals surface area contributed by atoms with E-state index in [0.29, 0.717) is 0 Å². The first-order valence-corrected chi connectivity index (χ1v) is 2.12. The largest absolute Gasteiger partial charge is 0.0149 e. The molecule has 0 saturated carbocycles. The van der Waals surface area contributed by atoms with Crippen molar-refractivity contribution < 1.29 is 7.56 Å². The van der Waals surface area contributed by atoms with Crippen LogP contribution in [0.5, 0.6) is 0 Å². The van der Waals surface area contributed by atoms with Gasteiger partial charge in [-0.2, -0.15) is 0 Å². The van der Waals surface area contributed by atoms with Crippen LogP contribution in [0.3, 0.4) is 0 Å². The third-order valence-electron chi connectivity index (χ3n) is 0. The predicted molar refractivity (Wildman–Crippen MR) is 24.2 cm³/mol. The standard InChI is InChI=1S/GeO2.H4Si.Si/c2-1-3;;/h;1H4;. The average molecular weight is 165 g/mol. The molecule has 2 nitrogen and oxygen atoms in total. The zero-order chi connectivity index (χ0) is 2.71. The molecule has 5 heteroatoms. The van der Waals surface area contributed by atoms with Crippen LogP contribution >= 0.6 is 0 Å². The molecule has 0 aliphatic carbocycles.